The highest BCUT2D eigenvalue weighted by Gasteiger charge is 2.20. The zero-order chi connectivity index (χ0) is 15.6. The van der Waals surface area contributed by atoms with Crippen molar-refractivity contribution in [1.82, 2.24) is 9.71 Å². The van der Waals surface area contributed by atoms with Crippen molar-refractivity contribution >= 4 is 43.2 Å². The molecule has 0 aliphatic heterocycles. The standard InChI is InChI=1S/C13H13BrClN3O2S/c1-8-2-3-17-6-9(8)7-18-21(19,20)12-5-10(15)4-11(16)13(12)14/h2-6,18H,7,16H2,1H3. The van der Waals surface area contributed by atoms with Gasteiger partial charge in [0.2, 0.25) is 10.0 Å². The van der Waals surface area contributed by atoms with Crippen LogP contribution < -0.4 is 10.5 Å². The first kappa shape index (κ1) is 16.2. The number of nitrogens with one attached hydrogen (secondary N) is 1. The number of sulfonamides is 1. The van der Waals surface area contributed by atoms with Crippen molar-refractivity contribution in [1.29, 1.82) is 0 Å². The molecule has 0 unspecified atom stereocenters. The fourth-order valence-corrected chi connectivity index (χ4v) is 4.01. The molecule has 8 heteroatoms. The van der Waals surface area contributed by atoms with Gasteiger partial charge in [0.1, 0.15) is 0 Å². The largest absolute Gasteiger partial charge is 0.398 e. The molecule has 1 heterocycles. The number of anilines is 1. The predicted molar refractivity (Wildman–Crippen MR) is 86.6 cm³/mol. The summed E-state index contributed by atoms with van der Waals surface area (Å²) < 4.78 is 27.5. The molecule has 5 nitrogen and oxygen atoms in total. The molecular formula is C13H13BrClN3O2S. The fraction of sp³-hybridized carbons (Fsp3) is 0.154. The van der Waals surface area contributed by atoms with Gasteiger partial charge < -0.3 is 5.73 Å². The van der Waals surface area contributed by atoms with Gasteiger partial charge >= 0.3 is 0 Å². The molecule has 2 rings (SSSR count). The van der Waals surface area contributed by atoms with Crippen molar-refractivity contribution in [3.05, 3.63) is 51.2 Å². The Kier molecular flexibility index (Phi) is 4.88. The van der Waals surface area contributed by atoms with Crippen LogP contribution in [0.3, 0.4) is 0 Å². The lowest BCUT2D eigenvalue weighted by Crippen LogP contribution is -2.24. The van der Waals surface area contributed by atoms with Gasteiger partial charge in [-0.2, -0.15) is 0 Å². The van der Waals surface area contributed by atoms with E-state index in [0.717, 1.165) is 11.1 Å². The molecule has 0 fully saturated rings. The molecule has 0 bridgehead atoms. The Morgan fingerprint density at radius 1 is 1.43 bits per heavy atom. The van der Waals surface area contributed by atoms with Crippen LogP contribution in [-0.4, -0.2) is 13.4 Å². The number of nitrogen functional groups attached to an aromatic ring is 1. The van der Waals surface area contributed by atoms with E-state index in [1.165, 1.54) is 12.1 Å². The first-order chi connectivity index (χ1) is 9.81. The first-order valence-electron chi connectivity index (χ1n) is 5.95. The van der Waals surface area contributed by atoms with E-state index < -0.39 is 10.0 Å². The van der Waals surface area contributed by atoms with E-state index in [2.05, 4.69) is 25.6 Å². The maximum atomic E-state index is 12.4. The summed E-state index contributed by atoms with van der Waals surface area (Å²) in [5.74, 6) is 0. The monoisotopic (exact) mass is 389 g/mol. The Morgan fingerprint density at radius 2 is 2.14 bits per heavy atom. The number of pyridine rings is 1. The molecule has 0 amide bonds. The maximum Gasteiger partial charge on any atom is 0.242 e. The number of rotatable bonds is 4. The van der Waals surface area contributed by atoms with Gasteiger partial charge in [-0.05, 0) is 52.2 Å². The van der Waals surface area contributed by atoms with Crippen LogP contribution in [0.15, 0.2) is 40.0 Å². The van der Waals surface area contributed by atoms with E-state index in [4.69, 9.17) is 17.3 Å². The van der Waals surface area contributed by atoms with Crippen LogP contribution in [0.5, 0.6) is 0 Å². The van der Waals surface area contributed by atoms with Crippen LogP contribution >= 0.6 is 27.5 Å². The van der Waals surface area contributed by atoms with Gasteiger partial charge in [-0.15, -0.1) is 0 Å². The Hall–Kier alpha value is -1.15. The second kappa shape index (κ2) is 6.31. The van der Waals surface area contributed by atoms with Crippen molar-refractivity contribution in [3.63, 3.8) is 0 Å². The maximum absolute atomic E-state index is 12.4. The highest BCUT2D eigenvalue weighted by molar-refractivity contribution is 9.10. The lowest BCUT2D eigenvalue weighted by atomic mass is 10.2. The number of hydrogen-bond donors (Lipinski definition) is 2. The number of nitrogens with zero attached hydrogens (tertiary/aromatic N) is 1. The number of halogens is 2. The van der Waals surface area contributed by atoms with Gasteiger partial charge in [0.05, 0.1) is 9.37 Å². The van der Waals surface area contributed by atoms with E-state index in [-0.39, 0.29) is 22.2 Å². The molecule has 0 spiro atoms. The minimum Gasteiger partial charge on any atom is -0.398 e. The van der Waals surface area contributed by atoms with Gasteiger partial charge in [0, 0.05) is 29.6 Å². The molecule has 112 valence electrons. The van der Waals surface area contributed by atoms with Crippen molar-refractivity contribution in [3.8, 4) is 0 Å². The smallest absolute Gasteiger partial charge is 0.242 e. The second-order valence-electron chi connectivity index (χ2n) is 4.43. The predicted octanol–water partition coefficient (Wildman–Crippen LogP) is 2.87. The highest BCUT2D eigenvalue weighted by atomic mass is 79.9. The summed E-state index contributed by atoms with van der Waals surface area (Å²) in [7, 11) is -3.74. The van der Waals surface area contributed by atoms with Crippen LogP contribution in [0.1, 0.15) is 11.1 Å². The van der Waals surface area contributed by atoms with E-state index >= 15 is 0 Å². The summed E-state index contributed by atoms with van der Waals surface area (Å²) in [5, 5.41) is 0.258. The highest BCUT2D eigenvalue weighted by Crippen LogP contribution is 2.31. The zero-order valence-electron chi connectivity index (χ0n) is 11.1. The Labute approximate surface area is 136 Å². The topological polar surface area (TPSA) is 85.1 Å². The summed E-state index contributed by atoms with van der Waals surface area (Å²) in [6, 6.07) is 4.65. The molecule has 0 aliphatic carbocycles. The van der Waals surface area contributed by atoms with Gasteiger partial charge in [0.15, 0.2) is 0 Å². The van der Waals surface area contributed by atoms with Gasteiger partial charge in [0.25, 0.3) is 0 Å². The first-order valence-corrected chi connectivity index (χ1v) is 8.60. The van der Waals surface area contributed by atoms with Crippen LogP contribution in [-0.2, 0) is 16.6 Å². The summed E-state index contributed by atoms with van der Waals surface area (Å²) in [5.41, 5.74) is 7.73. The number of aryl methyl sites for hydroxylation is 1. The molecule has 0 saturated carbocycles. The van der Waals surface area contributed by atoms with E-state index in [1.807, 2.05) is 13.0 Å². The molecule has 1 aromatic carbocycles. The third kappa shape index (κ3) is 3.74. The molecule has 0 aliphatic rings. The average Bonchev–Trinajstić information content (AvgIpc) is 2.42. The van der Waals surface area contributed by atoms with E-state index in [0.29, 0.717) is 4.47 Å². The van der Waals surface area contributed by atoms with Crippen LogP contribution in [0.25, 0.3) is 0 Å². The molecule has 0 saturated heterocycles. The zero-order valence-corrected chi connectivity index (χ0v) is 14.3. The molecule has 2 aromatic rings. The Bertz CT molecular complexity index is 781. The van der Waals surface area contributed by atoms with Crippen LogP contribution in [0, 0.1) is 6.92 Å². The van der Waals surface area contributed by atoms with Crippen molar-refractivity contribution in [2.24, 2.45) is 0 Å². The molecule has 3 N–H and O–H groups in total. The van der Waals surface area contributed by atoms with Crippen molar-refractivity contribution in [2.75, 3.05) is 5.73 Å². The van der Waals surface area contributed by atoms with Crippen LogP contribution in [0.2, 0.25) is 5.02 Å². The van der Waals surface area contributed by atoms with Gasteiger partial charge in [-0.1, -0.05) is 11.6 Å². The Balaban J connectivity index is 2.30. The number of benzene rings is 1. The summed E-state index contributed by atoms with van der Waals surface area (Å²) >= 11 is 9.04. The summed E-state index contributed by atoms with van der Waals surface area (Å²) in [6.45, 7) is 2.03. The SMILES string of the molecule is Cc1ccncc1CNS(=O)(=O)c1cc(Cl)cc(N)c1Br. The molecule has 0 atom stereocenters. The minimum atomic E-state index is -3.74. The Morgan fingerprint density at radius 3 is 2.81 bits per heavy atom. The number of aromatic nitrogens is 1. The minimum absolute atomic E-state index is 0.00837. The van der Waals surface area contributed by atoms with Crippen molar-refractivity contribution in [2.45, 2.75) is 18.4 Å². The van der Waals surface area contributed by atoms with Crippen molar-refractivity contribution < 1.29 is 8.42 Å². The lowest BCUT2D eigenvalue weighted by Gasteiger charge is -2.11. The lowest BCUT2D eigenvalue weighted by molar-refractivity contribution is 0.580. The fourth-order valence-electron chi connectivity index (χ4n) is 1.71. The van der Waals surface area contributed by atoms with E-state index in [1.54, 1.807) is 12.4 Å². The third-order valence-electron chi connectivity index (χ3n) is 2.92. The molecular weight excluding hydrogens is 378 g/mol. The van der Waals surface area contributed by atoms with E-state index in [9.17, 15) is 8.42 Å². The van der Waals surface area contributed by atoms with Crippen LogP contribution in [0.4, 0.5) is 5.69 Å². The molecule has 0 radical (unpaired) electrons. The third-order valence-corrected chi connectivity index (χ3v) is 5.71. The number of hydrogen-bond acceptors (Lipinski definition) is 4. The number of nitrogens with two attached hydrogens (primary N) is 1. The van der Waals surface area contributed by atoms with Gasteiger partial charge in [-0.25, -0.2) is 13.1 Å². The second-order valence-corrected chi connectivity index (χ2v) is 7.40. The molecule has 21 heavy (non-hydrogen) atoms. The van der Waals surface area contributed by atoms with Gasteiger partial charge in [-0.3, -0.25) is 4.98 Å². The molecule has 1 aromatic heterocycles. The summed E-state index contributed by atoms with van der Waals surface area (Å²) in [4.78, 5) is 3.99. The summed E-state index contributed by atoms with van der Waals surface area (Å²) in [6.07, 6.45) is 3.28. The normalized spacial score (nSPS) is 11.6. The average molecular weight is 391 g/mol. The quantitative estimate of drug-likeness (QED) is 0.786.